The minimum Gasteiger partial charge on any atom is -0.508 e. The van der Waals surface area contributed by atoms with Gasteiger partial charge in [0, 0.05) is 17.7 Å². The van der Waals surface area contributed by atoms with E-state index in [4.69, 9.17) is 9.47 Å². The lowest BCUT2D eigenvalue weighted by Crippen LogP contribution is -2.55. The molecule has 172 valence electrons. The fraction of sp³-hybridized carbons (Fsp3) is 0.381. The predicted octanol–water partition coefficient (Wildman–Crippen LogP) is -0.617. The lowest BCUT2D eigenvalue weighted by molar-refractivity contribution is -0.232. The van der Waals surface area contributed by atoms with Gasteiger partial charge < -0.3 is 50.3 Å². The largest absolute Gasteiger partial charge is 0.508 e. The predicted molar refractivity (Wildman–Crippen MR) is 105 cm³/mol. The lowest BCUT2D eigenvalue weighted by Gasteiger charge is -2.40. The average Bonchev–Trinajstić information content (AvgIpc) is 2.74. The van der Waals surface area contributed by atoms with E-state index in [0.717, 1.165) is 12.1 Å². The van der Waals surface area contributed by atoms with Gasteiger partial charge in [-0.25, -0.2) is 0 Å². The molecular weight excluding hydrogens is 428 g/mol. The van der Waals surface area contributed by atoms with Crippen LogP contribution in [0.15, 0.2) is 24.3 Å². The van der Waals surface area contributed by atoms with Gasteiger partial charge in [0.25, 0.3) is 0 Å². The first-order valence-corrected chi connectivity index (χ1v) is 9.73. The maximum atomic E-state index is 13.2. The van der Waals surface area contributed by atoms with Gasteiger partial charge in [0.15, 0.2) is 5.78 Å². The van der Waals surface area contributed by atoms with Crippen molar-refractivity contribution in [3.05, 3.63) is 41.0 Å². The van der Waals surface area contributed by atoms with Gasteiger partial charge in [0.1, 0.15) is 71.4 Å². The molecule has 2 heterocycles. The highest BCUT2D eigenvalue weighted by molar-refractivity contribution is 6.07. The Labute approximate surface area is 181 Å². The monoisotopic (exact) mass is 450 g/mol. The van der Waals surface area contributed by atoms with E-state index < -0.39 is 65.9 Å². The van der Waals surface area contributed by atoms with Crippen LogP contribution in [-0.4, -0.2) is 84.3 Å². The van der Waals surface area contributed by atoms with Crippen LogP contribution in [-0.2, 0) is 4.74 Å². The van der Waals surface area contributed by atoms with Gasteiger partial charge in [0.05, 0.1) is 18.1 Å². The van der Waals surface area contributed by atoms with Gasteiger partial charge >= 0.3 is 0 Å². The lowest BCUT2D eigenvalue weighted by atomic mass is 9.84. The van der Waals surface area contributed by atoms with E-state index in [-0.39, 0.29) is 35.0 Å². The zero-order valence-electron chi connectivity index (χ0n) is 16.5. The van der Waals surface area contributed by atoms with Crippen molar-refractivity contribution in [3.63, 3.8) is 0 Å². The van der Waals surface area contributed by atoms with Crippen LogP contribution in [0.25, 0.3) is 0 Å². The van der Waals surface area contributed by atoms with Crippen LogP contribution in [0, 0.1) is 0 Å². The molecule has 0 aromatic heterocycles. The van der Waals surface area contributed by atoms with Crippen molar-refractivity contribution in [2.24, 2.45) is 0 Å². The molecule has 2 aliphatic rings. The third-order valence-electron chi connectivity index (χ3n) is 5.82. The molecule has 0 amide bonds. The number of aliphatic hydroxyl groups excluding tert-OH is 4. The van der Waals surface area contributed by atoms with Crippen molar-refractivity contribution in [1.29, 1.82) is 0 Å². The van der Waals surface area contributed by atoms with Gasteiger partial charge in [-0.05, 0) is 6.07 Å². The number of hydrogen-bond donors (Lipinski definition) is 8. The third-order valence-corrected chi connectivity index (χ3v) is 5.82. The summed E-state index contributed by atoms with van der Waals surface area (Å²) in [6, 6.07) is 4.69. The molecule has 0 aliphatic carbocycles. The first-order chi connectivity index (χ1) is 15.1. The maximum Gasteiger partial charge on any atom is 0.181 e. The number of Topliss-reactive ketones (excluding diaryl/α,β-unsaturated/α-hetero) is 1. The normalized spacial score (nSPS) is 29.9. The Morgan fingerprint density at radius 1 is 0.938 bits per heavy atom. The fourth-order valence-electron chi connectivity index (χ4n) is 4.10. The number of fused-ring (bicyclic) bond motifs is 1. The Kier molecular flexibility index (Phi) is 5.61. The average molecular weight is 450 g/mol. The SMILES string of the molecule is O=C1c2c(cc(O)c([C@H]3O[C@@H](CO)[C@@H](O)[C@@H](O)[C@@H]3O)c2O)OC[C@@H]1c1ccc(O)cc1O. The second-order valence-electron chi connectivity index (χ2n) is 7.75. The molecule has 2 aliphatic heterocycles. The molecule has 32 heavy (non-hydrogen) atoms. The summed E-state index contributed by atoms with van der Waals surface area (Å²) in [5, 5.41) is 80.7. The molecule has 11 heteroatoms. The summed E-state index contributed by atoms with van der Waals surface area (Å²) >= 11 is 0. The van der Waals surface area contributed by atoms with Crippen molar-refractivity contribution in [2.45, 2.75) is 36.4 Å². The highest BCUT2D eigenvalue weighted by atomic mass is 16.5. The van der Waals surface area contributed by atoms with Gasteiger partial charge in [0.2, 0.25) is 0 Å². The summed E-state index contributed by atoms with van der Waals surface area (Å²) in [4.78, 5) is 13.2. The summed E-state index contributed by atoms with van der Waals surface area (Å²) in [5.41, 5.74) is -0.646. The van der Waals surface area contributed by atoms with Crippen molar-refractivity contribution in [3.8, 4) is 28.7 Å². The summed E-state index contributed by atoms with van der Waals surface area (Å²) in [7, 11) is 0. The van der Waals surface area contributed by atoms with Crippen LogP contribution in [0.2, 0.25) is 0 Å². The number of carbonyl (C=O) groups is 1. The molecule has 6 atom stereocenters. The van der Waals surface area contributed by atoms with Crippen molar-refractivity contribution < 1.29 is 55.1 Å². The highest BCUT2D eigenvalue weighted by Gasteiger charge is 2.47. The first kappa shape index (κ1) is 22.1. The summed E-state index contributed by atoms with van der Waals surface area (Å²) in [6.45, 7) is -0.944. The topological polar surface area (TPSA) is 197 Å². The molecule has 4 rings (SSSR count). The van der Waals surface area contributed by atoms with Crippen LogP contribution in [0.4, 0.5) is 0 Å². The van der Waals surface area contributed by atoms with E-state index in [0.29, 0.717) is 0 Å². The second kappa shape index (κ2) is 8.11. The van der Waals surface area contributed by atoms with Crippen LogP contribution < -0.4 is 4.74 Å². The number of hydrogen-bond acceptors (Lipinski definition) is 11. The first-order valence-electron chi connectivity index (χ1n) is 9.73. The van der Waals surface area contributed by atoms with E-state index >= 15 is 0 Å². The van der Waals surface area contributed by atoms with Gasteiger partial charge in [-0.15, -0.1) is 0 Å². The zero-order chi connectivity index (χ0) is 23.3. The Hall–Kier alpha value is -3.09. The molecule has 0 spiro atoms. The Morgan fingerprint density at radius 3 is 2.31 bits per heavy atom. The van der Waals surface area contributed by atoms with Crippen LogP contribution in [0.5, 0.6) is 28.7 Å². The van der Waals surface area contributed by atoms with Gasteiger partial charge in [-0.3, -0.25) is 4.79 Å². The fourth-order valence-corrected chi connectivity index (χ4v) is 4.10. The minimum atomic E-state index is -1.81. The number of phenolic OH excluding ortho intramolecular Hbond substituents is 4. The molecule has 11 nitrogen and oxygen atoms in total. The quantitative estimate of drug-likeness (QED) is 0.297. The number of aromatic hydroxyl groups is 4. The summed E-state index contributed by atoms with van der Waals surface area (Å²) in [5.74, 6) is -3.83. The molecule has 8 N–H and O–H groups in total. The van der Waals surface area contributed by atoms with Crippen LogP contribution >= 0.6 is 0 Å². The van der Waals surface area contributed by atoms with E-state index in [1.54, 1.807) is 0 Å². The number of aliphatic hydroxyl groups is 4. The smallest absolute Gasteiger partial charge is 0.181 e. The minimum absolute atomic E-state index is 0.139. The molecule has 1 saturated heterocycles. The molecule has 1 fully saturated rings. The summed E-state index contributed by atoms with van der Waals surface area (Å²) < 4.78 is 10.9. The molecule has 0 saturated carbocycles. The number of ether oxygens (including phenoxy) is 2. The Bertz CT molecular complexity index is 1050. The molecule has 2 aromatic carbocycles. The van der Waals surface area contributed by atoms with Crippen molar-refractivity contribution in [2.75, 3.05) is 13.2 Å². The molecule has 0 unspecified atom stereocenters. The zero-order valence-corrected chi connectivity index (χ0v) is 16.5. The van der Waals surface area contributed by atoms with E-state index in [2.05, 4.69) is 0 Å². The van der Waals surface area contributed by atoms with E-state index in [1.165, 1.54) is 12.1 Å². The molecular formula is C21H22O11. The van der Waals surface area contributed by atoms with Crippen molar-refractivity contribution in [1.82, 2.24) is 0 Å². The van der Waals surface area contributed by atoms with Gasteiger partial charge in [-0.1, -0.05) is 6.07 Å². The van der Waals surface area contributed by atoms with E-state index in [9.17, 15) is 45.6 Å². The maximum absolute atomic E-state index is 13.2. The number of rotatable bonds is 3. The van der Waals surface area contributed by atoms with Gasteiger partial charge in [-0.2, -0.15) is 0 Å². The van der Waals surface area contributed by atoms with E-state index in [1.807, 2.05) is 0 Å². The molecule has 0 radical (unpaired) electrons. The Morgan fingerprint density at radius 2 is 1.66 bits per heavy atom. The number of ketones is 1. The van der Waals surface area contributed by atoms with Crippen LogP contribution in [0.1, 0.15) is 33.5 Å². The summed E-state index contributed by atoms with van der Waals surface area (Å²) in [6.07, 6.45) is -8.12. The molecule has 0 bridgehead atoms. The number of carbonyl (C=O) groups excluding carboxylic acids is 1. The van der Waals surface area contributed by atoms with Crippen LogP contribution in [0.3, 0.4) is 0 Å². The molecule has 2 aromatic rings. The number of benzene rings is 2. The second-order valence-corrected chi connectivity index (χ2v) is 7.75. The van der Waals surface area contributed by atoms with Crippen molar-refractivity contribution >= 4 is 5.78 Å². The Balaban J connectivity index is 1.78. The third kappa shape index (κ3) is 3.40. The highest BCUT2D eigenvalue weighted by Crippen LogP contribution is 2.49. The number of phenols is 4. The standard InChI is InChI=1S/C21H22O11/c22-5-13-17(27)19(29)20(30)21(32-13)14-11(25)4-12-15(18(14)28)16(26)9(6-31-12)8-2-1-7(23)3-10(8)24/h1-4,9,13,17,19-25,27-30H,5-6H2/t9-,13+,17-,19-,20+,21-/m1/s1.